The Bertz CT molecular complexity index is 961. The minimum Gasteiger partial charge on any atom is -0.497 e. The van der Waals surface area contributed by atoms with E-state index in [2.05, 4.69) is 20.2 Å². The molecule has 1 saturated heterocycles. The largest absolute Gasteiger partial charge is 0.497 e. The van der Waals surface area contributed by atoms with Gasteiger partial charge in [0.05, 0.1) is 25.2 Å². The Morgan fingerprint density at radius 3 is 2.57 bits per heavy atom. The van der Waals surface area contributed by atoms with Crippen LogP contribution in [-0.4, -0.2) is 36.1 Å². The van der Waals surface area contributed by atoms with Crippen LogP contribution < -0.4 is 15.0 Å². The van der Waals surface area contributed by atoms with E-state index in [1.165, 1.54) is 19.3 Å². The molecule has 7 heteroatoms. The lowest BCUT2D eigenvalue weighted by molar-refractivity contribution is -0.116. The van der Waals surface area contributed by atoms with Crippen molar-refractivity contribution in [2.45, 2.75) is 32.1 Å². The molecule has 0 saturated carbocycles. The molecule has 0 atom stereocenters. The molecule has 30 heavy (non-hydrogen) atoms. The third-order valence-corrected chi connectivity index (χ3v) is 5.21. The van der Waals surface area contributed by atoms with Gasteiger partial charge < -0.3 is 19.4 Å². The summed E-state index contributed by atoms with van der Waals surface area (Å²) in [6.07, 6.45) is 7.82. The highest BCUT2D eigenvalue weighted by atomic mass is 16.5. The number of rotatable bonds is 7. The number of hydrogen-bond donors (Lipinski definition) is 1. The van der Waals surface area contributed by atoms with Crippen molar-refractivity contribution in [3.8, 4) is 17.1 Å². The molecule has 4 rings (SSSR count). The van der Waals surface area contributed by atoms with Crippen molar-refractivity contribution in [1.29, 1.82) is 0 Å². The number of nitrogens with zero attached hydrogens (tertiary/aromatic N) is 3. The lowest BCUT2D eigenvalue weighted by atomic mass is 10.1. The van der Waals surface area contributed by atoms with Crippen LogP contribution in [-0.2, 0) is 11.2 Å². The molecule has 0 unspecified atom stereocenters. The fourth-order valence-electron chi connectivity index (χ4n) is 3.53. The summed E-state index contributed by atoms with van der Waals surface area (Å²) in [6.45, 7) is 2.10. The van der Waals surface area contributed by atoms with Crippen LogP contribution in [0.4, 0.5) is 11.5 Å². The molecule has 1 aromatic carbocycles. The van der Waals surface area contributed by atoms with Crippen LogP contribution in [0, 0.1) is 0 Å². The summed E-state index contributed by atoms with van der Waals surface area (Å²) < 4.78 is 10.9. The van der Waals surface area contributed by atoms with Crippen molar-refractivity contribution in [1.82, 2.24) is 9.97 Å². The van der Waals surface area contributed by atoms with Gasteiger partial charge in [-0.15, -0.1) is 0 Å². The second-order valence-electron chi connectivity index (χ2n) is 7.35. The minimum atomic E-state index is -0.0910. The first-order valence-corrected chi connectivity index (χ1v) is 10.3. The van der Waals surface area contributed by atoms with Crippen LogP contribution in [0.25, 0.3) is 11.3 Å². The molecule has 7 nitrogen and oxygen atoms in total. The van der Waals surface area contributed by atoms with E-state index in [0.717, 1.165) is 30.2 Å². The molecule has 1 N–H and O–H groups in total. The third-order valence-electron chi connectivity index (χ3n) is 5.21. The van der Waals surface area contributed by atoms with E-state index < -0.39 is 0 Å². The number of aromatic nitrogens is 2. The first-order valence-electron chi connectivity index (χ1n) is 10.3. The maximum Gasteiger partial charge on any atom is 0.224 e. The molecule has 0 spiro atoms. The van der Waals surface area contributed by atoms with Crippen LogP contribution in [0.3, 0.4) is 0 Å². The van der Waals surface area contributed by atoms with Gasteiger partial charge in [-0.05, 0) is 55.7 Å². The molecule has 3 heterocycles. The molecule has 1 aliphatic rings. The fraction of sp³-hybridized carbons (Fsp3) is 0.348. The van der Waals surface area contributed by atoms with Gasteiger partial charge in [0.2, 0.25) is 5.91 Å². The molecule has 0 bridgehead atoms. The number of methoxy groups -OCH3 is 1. The van der Waals surface area contributed by atoms with Crippen molar-refractivity contribution < 1.29 is 13.9 Å². The lowest BCUT2D eigenvalue weighted by Crippen LogP contribution is -2.30. The number of hydrogen-bond acceptors (Lipinski definition) is 6. The average molecular weight is 406 g/mol. The van der Waals surface area contributed by atoms with Crippen molar-refractivity contribution in [2.24, 2.45) is 0 Å². The highest BCUT2D eigenvalue weighted by Gasteiger charge is 2.13. The van der Waals surface area contributed by atoms with Crippen molar-refractivity contribution >= 4 is 17.4 Å². The Labute approximate surface area is 176 Å². The van der Waals surface area contributed by atoms with Gasteiger partial charge in [0.25, 0.3) is 0 Å². The van der Waals surface area contributed by atoms with Gasteiger partial charge in [0.1, 0.15) is 11.6 Å². The summed E-state index contributed by atoms with van der Waals surface area (Å²) >= 11 is 0. The number of anilines is 2. The Kier molecular flexibility index (Phi) is 6.27. The quantitative estimate of drug-likeness (QED) is 0.630. The summed E-state index contributed by atoms with van der Waals surface area (Å²) in [5.74, 6) is 2.87. The average Bonchev–Trinajstić information content (AvgIpc) is 3.28. The molecule has 1 aliphatic heterocycles. The van der Waals surface area contributed by atoms with Gasteiger partial charge in [0.15, 0.2) is 11.7 Å². The van der Waals surface area contributed by atoms with Crippen molar-refractivity contribution in [2.75, 3.05) is 30.4 Å². The lowest BCUT2D eigenvalue weighted by Gasteiger charge is -2.27. The van der Waals surface area contributed by atoms with Gasteiger partial charge in [0, 0.05) is 31.5 Å². The number of carbonyl (C=O) groups is 1. The van der Waals surface area contributed by atoms with Gasteiger partial charge in [-0.2, -0.15) is 0 Å². The zero-order chi connectivity index (χ0) is 20.8. The van der Waals surface area contributed by atoms with Gasteiger partial charge in [-0.25, -0.2) is 9.97 Å². The third kappa shape index (κ3) is 4.97. The monoisotopic (exact) mass is 406 g/mol. The number of piperidine rings is 1. The smallest absolute Gasteiger partial charge is 0.224 e. The predicted molar refractivity (Wildman–Crippen MR) is 116 cm³/mol. The fourth-order valence-corrected chi connectivity index (χ4v) is 3.53. The number of nitrogens with one attached hydrogen (secondary N) is 1. The molecule has 0 radical (unpaired) electrons. The van der Waals surface area contributed by atoms with E-state index in [1.54, 1.807) is 19.5 Å². The van der Waals surface area contributed by atoms with E-state index in [4.69, 9.17) is 9.15 Å². The molecular weight excluding hydrogens is 380 g/mol. The Balaban J connectivity index is 1.28. The maximum absolute atomic E-state index is 12.3. The summed E-state index contributed by atoms with van der Waals surface area (Å²) in [6, 6.07) is 11.4. The van der Waals surface area contributed by atoms with Gasteiger partial charge >= 0.3 is 0 Å². The molecule has 0 aliphatic carbocycles. The summed E-state index contributed by atoms with van der Waals surface area (Å²) in [4.78, 5) is 23.4. The molecule has 1 fully saturated rings. The van der Waals surface area contributed by atoms with Crippen LogP contribution in [0.1, 0.15) is 31.6 Å². The van der Waals surface area contributed by atoms with Crippen LogP contribution in [0.2, 0.25) is 0 Å². The van der Waals surface area contributed by atoms with E-state index >= 15 is 0 Å². The number of amides is 1. The highest BCUT2D eigenvalue weighted by molar-refractivity contribution is 5.90. The second kappa shape index (κ2) is 9.43. The number of benzene rings is 1. The normalized spacial score (nSPS) is 13.8. The molecule has 3 aromatic rings. The first kappa shape index (κ1) is 19.9. The second-order valence-corrected chi connectivity index (χ2v) is 7.35. The molecule has 2 aromatic heterocycles. The Hall–Kier alpha value is -3.35. The Morgan fingerprint density at radius 2 is 1.87 bits per heavy atom. The van der Waals surface area contributed by atoms with E-state index in [-0.39, 0.29) is 12.3 Å². The first-order chi connectivity index (χ1) is 14.7. The van der Waals surface area contributed by atoms with E-state index in [0.29, 0.717) is 23.8 Å². The minimum absolute atomic E-state index is 0.0910. The SMILES string of the molecule is COc1ccc(-c2cnc(CCC(=O)Nc3ccc(N4CCCCC4)nc3)o2)cc1. The predicted octanol–water partition coefficient (Wildman–Crippen LogP) is 4.31. The molecule has 1 amide bonds. The standard InChI is InChI=1S/C23H26N4O3/c1-29-19-8-5-17(6-9-19)20-16-25-23(30-20)12-11-22(28)26-18-7-10-21(24-15-18)27-13-3-2-4-14-27/h5-10,15-16H,2-4,11-14H2,1H3,(H,26,28). The summed E-state index contributed by atoms with van der Waals surface area (Å²) in [5.41, 5.74) is 1.62. The number of carbonyl (C=O) groups excluding carboxylic acids is 1. The molecular formula is C23H26N4O3. The van der Waals surface area contributed by atoms with Crippen LogP contribution >= 0.6 is 0 Å². The number of aryl methyl sites for hydroxylation is 1. The number of ether oxygens (including phenoxy) is 1. The number of pyridine rings is 1. The van der Waals surface area contributed by atoms with Gasteiger partial charge in [-0.1, -0.05) is 0 Å². The van der Waals surface area contributed by atoms with Gasteiger partial charge in [-0.3, -0.25) is 4.79 Å². The topological polar surface area (TPSA) is 80.5 Å². The Morgan fingerprint density at radius 1 is 1.07 bits per heavy atom. The van der Waals surface area contributed by atoms with Crippen molar-refractivity contribution in [3.63, 3.8) is 0 Å². The highest BCUT2D eigenvalue weighted by Crippen LogP contribution is 2.24. The summed E-state index contributed by atoms with van der Waals surface area (Å²) in [7, 11) is 1.63. The molecule has 156 valence electrons. The zero-order valence-corrected chi connectivity index (χ0v) is 17.1. The van der Waals surface area contributed by atoms with Crippen molar-refractivity contribution in [3.05, 3.63) is 54.7 Å². The zero-order valence-electron chi connectivity index (χ0n) is 17.1. The summed E-state index contributed by atoms with van der Waals surface area (Å²) in [5, 5.41) is 2.89. The van der Waals surface area contributed by atoms with E-state index in [9.17, 15) is 4.79 Å². The number of oxazole rings is 1. The maximum atomic E-state index is 12.3. The van der Waals surface area contributed by atoms with E-state index in [1.807, 2.05) is 36.4 Å². The van der Waals surface area contributed by atoms with Crippen LogP contribution in [0.15, 0.2) is 53.2 Å². The van der Waals surface area contributed by atoms with Crippen LogP contribution in [0.5, 0.6) is 5.75 Å².